The van der Waals surface area contributed by atoms with Gasteiger partial charge in [-0.1, -0.05) is 60.7 Å². The molecule has 1 unspecified atom stereocenters. The Morgan fingerprint density at radius 2 is 1.19 bits per heavy atom. The highest BCUT2D eigenvalue weighted by Gasteiger charge is 2.12. The number of nitrogens with one attached hydrogen (secondary N) is 1. The van der Waals surface area contributed by atoms with Crippen LogP contribution in [0.3, 0.4) is 0 Å². The molecule has 0 heterocycles. The Kier molecular flexibility index (Phi) is 6.12. The summed E-state index contributed by atoms with van der Waals surface area (Å²) in [5.74, 6) is 0. The standard InChI is InChI=1S/C22H22N2O2/c25-24(26)22-13-11-21(12-14-22)18-23(17-20-9-5-2-6-10-20)16-15-19-7-3-1-4-8-19/h1-14H,15-18H2/p+1. The fourth-order valence-corrected chi connectivity index (χ4v) is 3.11. The van der Waals surface area contributed by atoms with E-state index in [0.717, 1.165) is 31.6 Å². The number of quaternary nitrogens is 1. The van der Waals surface area contributed by atoms with Crippen LogP contribution < -0.4 is 4.90 Å². The van der Waals surface area contributed by atoms with Crippen LogP contribution in [0.1, 0.15) is 16.7 Å². The van der Waals surface area contributed by atoms with Gasteiger partial charge in [-0.2, -0.15) is 0 Å². The van der Waals surface area contributed by atoms with Gasteiger partial charge < -0.3 is 4.90 Å². The second kappa shape index (κ2) is 8.92. The van der Waals surface area contributed by atoms with E-state index in [1.54, 1.807) is 12.1 Å². The average molecular weight is 347 g/mol. The lowest BCUT2D eigenvalue weighted by atomic mass is 10.1. The number of nitro groups is 1. The molecule has 26 heavy (non-hydrogen) atoms. The predicted octanol–water partition coefficient (Wildman–Crippen LogP) is 3.42. The van der Waals surface area contributed by atoms with Crippen molar-refractivity contribution in [1.82, 2.24) is 0 Å². The van der Waals surface area contributed by atoms with Gasteiger partial charge in [-0.05, 0) is 17.7 Å². The summed E-state index contributed by atoms with van der Waals surface area (Å²) in [5, 5.41) is 10.8. The molecule has 3 aromatic rings. The average Bonchev–Trinajstić information content (AvgIpc) is 2.68. The minimum atomic E-state index is -0.353. The zero-order valence-electron chi connectivity index (χ0n) is 14.7. The predicted molar refractivity (Wildman–Crippen MR) is 103 cm³/mol. The highest BCUT2D eigenvalue weighted by atomic mass is 16.6. The number of nitro benzene ring substituents is 1. The molecule has 0 saturated heterocycles. The lowest BCUT2D eigenvalue weighted by Crippen LogP contribution is -3.09. The first-order valence-corrected chi connectivity index (χ1v) is 8.85. The maximum atomic E-state index is 10.8. The fraction of sp³-hybridized carbons (Fsp3) is 0.182. The van der Waals surface area contributed by atoms with E-state index in [1.807, 2.05) is 24.3 Å². The molecule has 1 atom stereocenters. The number of nitrogens with zero attached hydrogens (tertiary/aromatic N) is 1. The molecule has 3 rings (SSSR count). The second-order valence-corrected chi connectivity index (χ2v) is 6.50. The van der Waals surface area contributed by atoms with E-state index in [0.29, 0.717) is 0 Å². The van der Waals surface area contributed by atoms with E-state index in [1.165, 1.54) is 16.0 Å². The van der Waals surface area contributed by atoms with Gasteiger partial charge in [-0.15, -0.1) is 0 Å². The van der Waals surface area contributed by atoms with Crippen molar-refractivity contribution in [2.24, 2.45) is 0 Å². The molecule has 4 nitrogen and oxygen atoms in total. The van der Waals surface area contributed by atoms with Crippen molar-refractivity contribution in [3.05, 3.63) is 112 Å². The molecule has 0 amide bonds. The summed E-state index contributed by atoms with van der Waals surface area (Å²) in [6.07, 6.45) is 1.01. The highest BCUT2D eigenvalue weighted by molar-refractivity contribution is 5.32. The van der Waals surface area contributed by atoms with Crippen LogP contribution in [0.4, 0.5) is 5.69 Å². The van der Waals surface area contributed by atoms with Gasteiger partial charge in [0.05, 0.1) is 11.5 Å². The minimum Gasteiger partial charge on any atom is -0.327 e. The molecule has 0 aliphatic heterocycles. The van der Waals surface area contributed by atoms with Gasteiger partial charge in [0.25, 0.3) is 5.69 Å². The van der Waals surface area contributed by atoms with Crippen molar-refractivity contribution in [3.63, 3.8) is 0 Å². The second-order valence-electron chi connectivity index (χ2n) is 6.50. The topological polar surface area (TPSA) is 47.6 Å². The first-order valence-electron chi connectivity index (χ1n) is 8.85. The van der Waals surface area contributed by atoms with Crippen molar-refractivity contribution in [3.8, 4) is 0 Å². The van der Waals surface area contributed by atoms with E-state index in [9.17, 15) is 10.1 Å². The van der Waals surface area contributed by atoms with Crippen molar-refractivity contribution in [2.45, 2.75) is 19.5 Å². The maximum Gasteiger partial charge on any atom is 0.269 e. The van der Waals surface area contributed by atoms with E-state index < -0.39 is 0 Å². The molecule has 4 heteroatoms. The van der Waals surface area contributed by atoms with Gasteiger partial charge in [-0.25, -0.2) is 0 Å². The van der Waals surface area contributed by atoms with Crippen LogP contribution in [-0.4, -0.2) is 11.5 Å². The molecule has 0 radical (unpaired) electrons. The van der Waals surface area contributed by atoms with E-state index in [-0.39, 0.29) is 10.6 Å². The monoisotopic (exact) mass is 347 g/mol. The Morgan fingerprint density at radius 3 is 1.73 bits per heavy atom. The molecule has 0 aliphatic carbocycles. The minimum absolute atomic E-state index is 0.141. The smallest absolute Gasteiger partial charge is 0.269 e. The van der Waals surface area contributed by atoms with Gasteiger partial charge in [-0.3, -0.25) is 10.1 Å². The number of hydrogen-bond acceptors (Lipinski definition) is 2. The summed E-state index contributed by atoms with van der Waals surface area (Å²) < 4.78 is 0. The van der Waals surface area contributed by atoms with Crippen LogP contribution in [0, 0.1) is 10.1 Å². The highest BCUT2D eigenvalue weighted by Crippen LogP contribution is 2.11. The molecule has 3 aromatic carbocycles. The first-order chi connectivity index (χ1) is 12.7. The summed E-state index contributed by atoms with van der Waals surface area (Å²) in [7, 11) is 0. The lowest BCUT2D eigenvalue weighted by Gasteiger charge is -2.20. The van der Waals surface area contributed by atoms with Crippen molar-refractivity contribution >= 4 is 5.69 Å². The van der Waals surface area contributed by atoms with Crippen molar-refractivity contribution < 1.29 is 9.82 Å². The Hall–Kier alpha value is -2.98. The number of benzene rings is 3. The largest absolute Gasteiger partial charge is 0.327 e. The summed E-state index contributed by atoms with van der Waals surface area (Å²) in [6, 6.07) is 27.9. The van der Waals surface area contributed by atoms with Crippen LogP contribution in [0.25, 0.3) is 0 Å². The van der Waals surface area contributed by atoms with Gasteiger partial charge in [0.15, 0.2) is 0 Å². The molecule has 0 aromatic heterocycles. The molecule has 132 valence electrons. The third-order valence-electron chi connectivity index (χ3n) is 4.51. The van der Waals surface area contributed by atoms with Crippen molar-refractivity contribution in [2.75, 3.05) is 6.54 Å². The third kappa shape index (κ3) is 5.26. The molecule has 1 N–H and O–H groups in total. The van der Waals surface area contributed by atoms with Gasteiger partial charge >= 0.3 is 0 Å². The summed E-state index contributed by atoms with van der Waals surface area (Å²) in [4.78, 5) is 11.9. The van der Waals surface area contributed by atoms with E-state index >= 15 is 0 Å². The van der Waals surface area contributed by atoms with Crippen molar-refractivity contribution in [1.29, 1.82) is 0 Å². The number of hydrogen-bond donors (Lipinski definition) is 1. The van der Waals surface area contributed by atoms with Gasteiger partial charge in [0.2, 0.25) is 0 Å². The Bertz CT molecular complexity index is 818. The zero-order chi connectivity index (χ0) is 18.2. The Balaban J connectivity index is 1.70. The zero-order valence-corrected chi connectivity index (χ0v) is 14.7. The summed E-state index contributed by atoms with van der Waals surface area (Å²) in [5.41, 5.74) is 3.90. The summed E-state index contributed by atoms with van der Waals surface area (Å²) in [6.45, 7) is 2.79. The Morgan fingerprint density at radius 1 is 0.692 bits per heavy atom. The lowest BCUT2D eigenvalue weighted by molar-refractivity contribution is -0.927. The quantitative estimate of drug-likeness (QED) is 0.501. The first kappa shape index (κ1) is 17.8. The fourth-order valence-electron chi connectivity index (χ4n) is 3.11. The van der Waals surface area contributed by atoms with E-state index in [2.05, 4.69) is 48.5 Å². The van der Waals surface area contributed by atoms with Crippen LogP contribution in [0.2, 0.25) is 0 Å². The number of non-ortho nitro benzene ring substituents is 1. The molecule has 0 saturated carbocycles. The number of rotatable bonds is 8. The van der Waals surface area contributed by atoms with Crippen LogP contribution >= 0.6 is 0 Å². The SMILES string of the molecule is O=[N+]([O-])c1ccc(C[NH+](CCc2ccccc2)Cc2ccccc2)cc1. The van der Waals surface area contributed by atoms with Crippen LogP contribution in [0.15, 0.2) is 84.9 Å². The normalized spacial score (nSPS) is 11.8. The van der Waals surface area contributed by atoms with Gasteiger partial charge in [0, 0.05) is 29.7 Å². The molecule has 0 aliphatic rings. The molecule has 0 spiro atoms. The maximum absolute atomic E-state index is 10.8. The Labute approximate surface area is 153 Å². The molecular weight excluding hydrogens is 324 g/mol. The summed E-state index contributed by atoms with van der Waals surface area (Å²) >= 11 is 0. The third-order valence-corrected chi connectivity index (χ3v) is 4.51. The van der Waals surface area contributed by atoms with Crippen LogP contribution in [0.5, 0.6) is 0 Å². The molecule has 0 bridgehead atoms. The molecular formula is C22H23N2O2+. The van der Waals surface area contributed by atoms with Crippen LogP contribution in [-0.2, 0) is 19.5 Å². The van der Waals surface area contributed by atoms with E-state index in [4.69, 9.17) is 0 Å². The van der Waals surface area contributed by atoms with Gasteiger partial charge in [0.1, 0.15) is 13.1 Å². The molecule has 0 fully saturated rings.